The van der Waals surface area contributed by atoms with E-state index in [1.807, 2.05) is 61.5 Å². The summed E-state index contributed by atoms with van der Waals surface area (Å²) >= 11 is 0. The topological polar surface area (TPSA) is 73.6 Å². The molecule has 3 N–H and O–H groups in total. The summed E-state index contributed by atoms with van der Waals surface area (Å²) in [5.41, 5.74) is 6.91. The summed E-state index contributed by atoms with van der Waals surface area (Å²) in [6.45, 7) is 5.20. The van der Waals surface area contributed by atoms with Crippen molar-refractivity contribution in [3.05, 3.63) is 60.2 Å². The molecule has 0 saturated heterocycles. The van der Waals surface area contributed by atoms with Crippen LogP contribution in [0.4, 0.5) is 5.69 Å². The Balaban J connectivity index is 0.00000364. The van der Waals surface area contributed by atoms with E-state index in [-0.39, 0.29) is 18.3 Å². The van der Waals surface area contributed by atoms with Crippen LogP contribution in [0.15, 0.2) is 54.6 Å². The van der Waals surface area contributed by atoms with Gasteiger partial charge < -0.3 is 20.5 Å². The van der Waals surface area contributed by atoms with Crippen LogP contribution in [0.2, 0.25) is 0 Å². The van der Waals surface area contributed by atoms with Gasteiger partial charge in [0.05, 0.1) is 18.8 Å². The number of ether oxygens (including phenoxy) is 2. The van der Waals surface area contributed by atoms with Crippen molar-refractivity contribution in [1.82, 2.24) is 0 Å². The Hall–Kier alpha value is -2.08. The molecule has 0 aliphatic rings. The van der Waals surface area contributed by atoms with Gasteiger partial charge in [-0.3, -0.25) is 4.79 Å². The highest BCUT2D eigenvalue weighted by Crippen LogP contribution is 2.16. The molecular weight excluding hydrogens is 364 g/mol. The summed E-state index contributed by atoms with van der Waals surface area (Å²) < 4.78 is 11.2. The van der Waals surface area contributed by atoms with Crippen LogP contribution in [-0.2, 0) is 16.1 Å². The third-order valence-corrected chi connectivity index (χ3v) is 3.98. The number of hydrogen-bond acceptors (Lipinski definition) is 4. The SMILES string of the molecule is CCCC(C)(N)C(=O)Nc1cccc(COCCOc2ccccc2)c1.Cl. The molecule has 0 radical (unpaired) electrons. The molecule has 0 heterocycles. The molecule has 0 spiro atoms. The number of carbonyl (C=O) groups excluding carboxylic acids is 1. The molecule has 0 bridgehead atoms. The molecule has 27 heavy (non-hydrogen) atoms. The highest BCUT2D eigenvalue weighted by atomic mass is 35.5. The van der Waals surface area contributed by atoms with Gasteiger partial charge in [0.1, 0.15) is 12.4 Å². The number of nitrogens with one attached hydrogen (secondary N) is 1. The summed E-state index contributed by atoms with van der Waals surface area (Å²) in [6.07, 6.45) is 1.50. The lowest BCUT2D eigenvalue weighted by Gasteiger charge is -2.23. The molecule has 1 unspecified atom stereocenters. The van der Waals surface area contributed by atoms with Crippen LogP contribution < -0.4 is 15.8 Å². The highest BCUT2D eigenvalue weighted by Gasteiger charge is 2.27. The maximum atomic E-state index is 12.3. The van der Waals surface area contributed by atoms with Crippen LogP contribution in [0.3, 0.4) is 0 Å². The Kier molecular flexibility index (Phi) is 9.86. The van der Waals surface area contributed by atoms with Gasteiger partial charge in [-0.1, -0.05) is 43.7 Å². The van der Waals surface area contributed by atoms with Gasteiger partial charge in [0.2, 0.25) is 5.91 Å². The lowest BCUT2D eigenvalue weighted by Crippen LogP contribution is -2.48. The van der Waals surface area contributed by atoms with E-state index in [2.05, 4.69) is 5.32 Å². The van der Waals surface area contributed by atoms with Crippen LogP contribution in [0.5, 0.6) is 5.75 Å². The van der Waals surface area contributed by atoms with Gasteiger partial charge in [-0.15, -0.1) is 12.4 Å². The number of halogens is 1. The van der Waals surface area contributed by atoms with E-state index in [4.69, 9.17) is 15.2 Å². The van der Waals surface area contributed by atoms with Gasteiger partial charge in [0.25, 0.3) is 0 Å². The van der Waals surface area contributed by atoms with Crippen LogP contribution in [-0.4, -0.2) is 24.7 Å². The molecule has 0 aliphatic heterocycles. The fourth-order valence-electron chi connectivity index (χ4n) is 2.57. The van der Waals surface area contributed by atoms with Gasteiger partial charge >= 0.3 is 0 Å². The van der Waals surface area contributed by atoms with Crippen molar-refractivity contribution >= 4 is 24.0 Å². The summed E-state index contributed by atoms with van der Waals surface area (Å²) in [7, 11) is 0. The zero-order chi connectivity index (χ0) is 18.8. The van der Waals surface area contributed by atoms with Crippen LogP contribution >= 0.6 is 12.4 Å². The van der Waals surface area contributed by atoms with E-state index in [0.717, 1.165) is 23.4 Å². The summed E-state index contributed by atoms with van der Waals surface area (Å²) in [5, 5.41) is 2.89. The Morgan fingerprint density at radius 1 is 1.11 bits per heavy atom. The highest BCUT2D eigenvalue weighted by molar-refractivity contribution is 5.97. The van der Waals surface area contributed by atoms with Gasteiger partial charge in [-0.05, 0) is 43.2 Å². The van der Waals surface area contributed by atoms with Crippen molar-refractivity contribution in [2.75, 3.05) is 18.5 Å². The molecule has 1 amide bonds. The second-order valence-corrected chi connectivity index (χ2v) is 6.54. The Morgan fingerprint density at radius 3 is 2.56 bits per heavy atom. The second kappa shape index (κ2) is 11.6. The van der Waals surface area contributed by atoms with E-state index in [1.54, 1.807) is 6.92 Å². The smallest absolute Gasteiger partial charge is 0.244 e. The van der Waals surface area contributed by atoms with E-state index in [0.29, 0.717) is 26.2 Å². The van der Waals surface area contributed by atoms with Crippen LogP contribution in [0.25, 0.3) is 0 Å². The lowest BCUT2D eigenvalue weighted by molar-refractivity contribution is -0.120. The second-order valence-electron chi connectivity index (χ2n) is 6.54. The quantitative estimate of drug-likeness (QED) is 0.595. The number of anilines is 1. The minimum absolute atomic E-state index is 0. The van der Waals surface area contributed by atoms with Gasteiger partial charge in [-0.25, -0.2) is 0 Å². The molecule has 5 nitrogen and oxygen atoms in total. The maximum Gasteiger partial charge on any atom is 0.244 e. The number of carbonyl (C=O) groups is 1. The normalized spacial score (nSPS) is 12.6. The number of rotatable bonds is 10. The van der Waals surface area contributed by atoms with Gasteiger partial charge in [0.15, 0.2) is 0 Å². The molecule has 0 aromatic heterocycles. The predicted octanol–water partition coefficient (Wildman–Crippen LogP) is 4.16. The summed E-state index contributed by atoms with van der Waals surface area (Å²) in [6, 6.07) is 17.2. The molecule has 2 aromatic carbocycles. The largest absolute Gasteiger partial charge is 0.491 e. The molecule has 6 heteroatoms. The van der Waals surface area contributed by atoms with Crippen molar-refractivity contribution < 1.29 is 14.3 Å². The summed E-state index contributed by atoms with van der Waals surface area (Å²) in [4.78, 5) is 12.3. The molecular formula is C21H29ClN2O3. The fraction of sp³-hybridized carbons (Fsp3) is 0.381. The molecule has 0 saturated carbocycles. The monoisotopic (exact) mass is 392 g/mol. The average molecular weight is 393 g/mol. The van der Waals surface area contributed by atoms with Crippen molar-refractivity contribution in [2.45, 2.75) is 38.8 Å². The number of hydrogen-bond donors (Lipinski definition) is 2. The molecule has 2 aromatic rings. The van der Waals surface area contributed by atoms with E-state index in [9.17, 15) is 4.79 Å². The van der Waals surface area contributed by atoms with Crippen LogP contribution in [0, 0.1) is 0 Å². The molecule has 1 atom stereocenters. The number of amides is 1. The molecule has 0 fully saturated rings. The first kappa shape index (κ1) is 23.0. The van der Waals surface area contributed by atoms with Crippen molar-refractivity contribution in [1.29, 1.82) is 0 Å². The fourth-order valence-corrected chi connectivity index (χ4v) is 2.57. The van der Waals surface area contributed by atoms with Crippen molar-refractivity contribution in [3.8, 4) is 5.75 Å². The first-order chi connectivity index (χ1) is 12.5. The predicted molar refractivity (Wildman–Crippen MR) is 111 cm³/mol. The maximum absolute atomic E-state index is 12.3. The van der Waals surface area contributed by atoms with Crippen LogP contribution in [0.1, 0.15) is 32.3 Å². The van der Waals surface area contributed by atoms with E-state index >= 15 is 0 Å². The lowest BCUT2D eigenvalue weighted by atomic mass is 9.96. The molecule has 2 rings (SSSR count). The first-order valence-electron chi connectivity index (χ1n) is 8.96. The van der Waals surface area contributed by atoms with E-state index in [1.165, 1.54) is 0 Å². The number of para-hydroxylation sites is 1. The standard InChI is InChI=1S/C21H28N2O3.ClH/c1-3-12-21(2,22)20(24)23-18-9-7-8-17(15-18)16-25-13-14-26-19-10-5-4-6-11-19;/h4-11,15H,3,12-14,16,22H2,1-2H3,(H,23,24);1H. The minimum Gasteiger partial charge on any atom is -0.491 e. The van der Waals surface area contributed by atoms with Crippen molar-refractivity contribution in [3.63, 3.8) is 0 Å². The number of benzene rings is 2. The number of nitrogens with two attached hydrogens (primary N) is 1. The zero-order valence-corrected chi connectivity index (χ0v) is 16.8. The van der Waals surface area contributed by atoms with Gasteiger partial charge in [0, 0.05) is 5.69 Å². The third kappa shape index (κ3) is 7.99. The minimum atomic E-state index is -0.865. The average Bonchev–Trinajstić information content (AvgIpc) is 2.62. The molecule has 148 valence electrons. The third-order valence-electron chi connectivity index (χ3n) is 3.98. The zero-order valence-electron chi connectivity index (χ0n) is 15.9. The van der Waals surface area contributed by atoms with Crippen molar-refractivity contribution in [2.24, 2.45) is 5.73 Å². The Labute approximate surface area is 167 Å². The Morgan fingerprint density at radius 2 is 1.85 bits per heavy atom. The Bertz CT molecular complexity index is 693. The first-order valence-corrected chi connectivity index (χ1v) is 8.96. The summed E-state index contributed by atoms with van der Waals surface area (Å²) in [5.74, 6) is 0.659. The van der Waals surface area contributed by atoms with E-state index < -0.39 is 5.54 Å². The van der Waals surface area contributed by atoms with Gasteiger partial charge in [-0.2, -0.15) is 0 Å². The molecule has 0 aliphatic carbocycles.